The van der Waals surface area contributed by atoms with Crippen LogP contribution in [0.3, 0.4) is 0 Å². The molecule has 0 aromatic carbocycles. The first kappa shape index (κ1) is 19.5. The van der Waals surface area contributed by atoms with Gasteiger partial charge >= 0.3 is 0 Å². The molecule has 0 radical (unpaired) electrons. The third-order valence-corrected chi connectivity index (χ3v) is 4.15. The molecule has 138 valence electrons. The Morgan fingerprint density at radius 2 is 2.35 bits per heavy atom. The van der Waals surface area contributed by atoms with Crippen molar-refractivity contribution in [2.45, 2.75) is 31.7 Å². The van der Waals surface area contributed by atoms with Gasteiger partial charge in [-0.3, -0.25) is 14.6 Å². The number of hydrogen-bond acceptors (Lipinski definition) is 4. The quantitative estimate of drug-likeness (QED) is 0.784. The predicted octanol–water partition coefficient (Wildman–Crippen LogP) is 1.94. The van der Waals surface area contributed by atoms with Crippen molar-refractivity contribution in [3.05, 3.63) is 42.2 Å². The summed E-state index contributed by atoms with van der Waals surface area (Å²) >= 11 is 0. The molecule has 2 heterocycles. The summed E-state index contributed by atoms with van der Waals surface area (Å²) in [6.45, 7) is 4.41. The van der Waals surface area contributed by atoms with Crippen LogP contribution in [0.4, 0.5) is 8.78 Å². The Kier molecular flexibility index (Phi) is 6.03. The molecule has 1 aliphatic rings. The molecule has 2 atom stereocenters. The summed E-state index contributed by atoms with van der Waals surface area (Å²) in [5.74, 6) is -4.10. The zero-order valence-corrected chi connectivity index (χ0v) is 14.4. The molecule has 2 amide bonds. The molecular weight excluding hydrogens is 342 g/mol. The van der Waals surface area contributed by atoms with Gasteiger partial charge in [0.15, 0.2) is 0 Å². The summed E-state index contributed by atoms with van der Waals surface area (Å²) in [4.78, 5) is 29.3. The van der Waals surface area contributed by atoms with Gasteiger partial charge in [-0.15, -0.1) is 6.58 Å². The van der Waals surface area contributed by atoms with Crippen LogP contribution >= 0.6 is 0 Å². The normalized spacial score (nSPS) is 19.5. The molecule has 1 fully saturated rings. The predicted molar refractivity (Wildman–Crippen MR) is 90.3 cm³/mol. The summed E-state index contributed by atoms with van der Waals surface area (Å²) in [5, 5.41) is 11.3. The molecule has 1 N–H and O–H groups in total. The third-order valence-electron chi connectivity index (χ3n) is 4.15. The summed E-state index contributed by atoms with van der Waals surface area (Å²) in [6.07, 6.45) is 3.22. The smallest absolute Gasteiger partial charge is 0.268 e. The molecule has 8 heteroatoms. The maximum atomic E-state index is 13.4. The monoisotopic (exact) mass is 362 g/mol. The molecule has 2 rings (SSSR count). The number of pyridine rings is 1. The lowest BCUT2D eigenvalue weighted by atomic mass is 10.0. The number of nitrogens with zero attached hydrogens (tertiary/aromatic N) is 3. The fourth-order valence-electron chi connectivity index (χ4n) is 2.70. The lowest BCUT2D eigenvalue weighted by Crippen LogP contribution is -2.43. The number of nitriles is 1. The first-order valence-electron chi connectivity index (χ1n) is 8.18. The number of nitrogens with one attached hydrogen (secondary N) is 1. The molecule has 6 nitrogen and oxygen atoms in total. The van der Waals surface area contributed by atoms with E-state index < -0.39 is 43.3 Å². The Hall–Kier alpha value is -2.82. The van der Waals surface area contributed by atoms with E-state index in [2.05, 4.69) is 16.9 Å². The molecular formula is C18H20F2N4O2. The van der Waals surface area contributed by atoms with E-state index in [1.54, 1.807) is 18.2 Å². The zero-order valence-electron chi connectivity index (χ0n) is 14.4. The molecule has 26 heavy (non-hydrogen) atoms. The van der Waals surface area contributed by atoms with E-state index in [4.69, 9.17) is 5.26 Å². The number of halogens is 2. The average molecular weight is 362 g/mol. The highest BCUT2D eigenvalue weighted by Gasteiger charge is 2.47. The number of likely N-dealkylation sites (tertiary alicyclic amines) is 1. The first-order chi connectivity index (χ1) is 12.3. The highest BCUT2D eigenvalue weighted by Crippen LogP contribution is 2.31. The molecule has 1 saturated heterocycles. The molecule has 0 saturated carbocycles. The minimum atomic E-state index is -3.08. The van der Waals surface area contributed by atoms with E-state index in [0.29, 0.717) is 17.7 Å². The van der Waals surface area contributed by atoms with Gasteiger partial charge < -0.3 is 10.2 Å². The Morgan fingerprint density at radius 1 is 1.62 bits per heavy atom. The van der Waals surface area contributed by atoms with E-state index >= 15 is 0 Å². The van der Waals surface area contributed by atoms with Crippen molar-refractivity contribution in [3.63, 3.8) is 0 Å². The Bertz CT molecular complexity index is 745. The molecule has 0 aliphatic carbocycles. The van der Waals surface area contributed by atoms with Crippen LogP contribution in [0.2, 0.25) is 0 Å². The second-order valence-corrected chi connectivity index (χ2v) is 6.36. The number of rotatable bonds is 6. The molecule has 1 unspecified atom stereocenters. The number of hydrogen-bond donors (Lipinski definition) is 1. The maximum Gasteiger partial charge on any atom is 0.268 e. The van der Waals surface area contributed by atoms with Gasteiger partial charge in [0.25, 0.3) is 11.8 Å². The summed E-state index contributed by atoms with van der Waals surface area (Å²) in [6, 6.07) is 3.64. The van der Waals surface area contributed by atoms with Crippen LogP contribution in [0, 0.1) is 17.2 Å². The zero-order chi connectivity index (χ0) is 19.3. The van der Waals surface area contributed by atoms with Gasteiger partial charge in [0, 0.05) is 23.9 Å². The second-order valence-electron chi connectivity index (χ2n) is 6.36. The molecule has 0 spiro atoms. The van der Waals surface area contributed by atoms with Crippen molar-refractivity contribution in [2.75, 3.05) is 13.1 Å². The SMILES string of the molecule is C=CC(C)Cc1cc(C(=O)NCC(=O)N2CC(F)(F)C[C@H]2C#N)ccn1. The largest absolute Gasteiger partial charge is 0.343 e. The minimum absolute atomic E-state index is 0.196. The summed E-state index contributed by atoms with van der Waals surface area (Å²) in [5.41, 5.74) is 1.03. The first-order valence-corrected chi connectivity index (χ1v) is 8.18. The highest BCUT2D eigenvalue weighted by atomic mass is 19.3. The standard InChI is InChI=1S/C18H20F2N4O2/c1-3-12(2)6-14-7-13(4-5-22-14)17(26)23-10-16(25)24-11-18(19,20)8-15(24)9-21/h3-5,7,12,15H,1,6,8,10-11H2,2H3,(H,23,26)/t12?,15-/m0/s1. The molecule has 1 aliphatic heterocycles. The average Bonchev–Trinajstić information content (AvgIpc) is 2.94. The van der Waals surface area contributed by atoms with Crippen molar-refractivity contribution < 1.29 is 18.4 Å². The van der Waals surface area contributed by atoms with Gasteiger partial charge in [0.05, 0.1) is 19.2 Å². The van der Waals surface area contributed by atoms with Crippen LogP contribution in [0.15, 0.2) is 31.0 Å². The highest BCUT2D eigenvalue weighted by molar-refractivity contribution is 5.96. The molecule has 1 aromatic rings. The van der Waals surface area contributed by atoms with Crippen LogP contribution in [-0.2, 0) is 11.2 Å². The number of allylic oxidation sites excluding steroid dienone is 1. The third kappa shape index (κ3) is 4.85. The molecule has 0 bridgehead atoms. The Balaban J connectivity index is 1.96. The van der Waals surface area contributed by atoms with Crippen molar-refractivity contribution in [2.24, 2.45) is 5.92 Å². The fourth-order valence-corrected chi connectivity index (χ4v) is 2.70. The van der Waals surface area contributed by atoms with E-state index in [-0.39, 0.29) is 5.92 Å². The number of alkyl halides is 2. The second kappa shape index (κ2) is 8.04. The van der Waals surface area contributed by atoms with Gasteiger partial charge in [-0.05, 0) is 24.5 Å². The number of carbonyl (C=O) groups excluding carboxylic acids is 2. The van der Waals surface area contributed by atoms with E-state index in [1.807, 2.05) is 6.92 Å². The van der Waals surface area contributed by atoms with E-state index in [9.17, 15) is 18.4 Å². The lowest BCUT2D eigenvalue weighted by Gasteiger charge is -2.19. The van der Waals surface area contributed by atoms with Crippen molar-refractivity contribution in [3.8, 4) is 6.07 Å². The van der Waals surface area contributed by atoms with Crippen molar-refractivity contribution in [1.82, 2.24) is 15.2 Å². The fraction of sp³-hybridized carbons (Fsp3) is 0.444. The number of amides is 2. The van der Waals surface area contributed by atoms with Crippen LogP contribution in [0.1, 0.15) is 29.4 Å². The number of aromatic nitrogens is 1. The van der Waals surface area contributed by atoms with Gasteiger partial charge in [-0.1, -0.05) is 13.0 Å². The lowest BCUT2D eigenvalue weighted by molar-refractivity contribution is -0.131. The van der Waals surface area contributed by atoms with Crippen LogP contribution < -0.4 is 5.32 Å². The number of carbonyl (C=O) groups is 2. The van der Waals surface area contributed by atoms with E-state index in [1.165, 1.54) is 12.3 Å². The van der Waals surface area contributed by atoms with Crippen LogP contribution in [0.25, 0.3) is 0 Å². The van der Waals surface area contributed by atoms with Gasteiger partial charge in [-0.25, -0.2) is 8.78 Å². The molecule has 1 aromatic heterocycles. The minimum Gasteiger partial charge on any atom is -0.343 e. The summed E-state index contributed by atoms with van der Waals surface area (Å²) < 4.78 is 26.8. The van der Waals surface area contributed by atoms with Gasteiger partial charge in [0.1, 0.15) is 6.04 Å². The van der Waals surface area contributed by atoms with E-state index in [0.717, 1.165) is 4.90 Å². The topological polar surface area (TPSA) is 86.1 Å². The van der Waals surface area contributed by atoms with Crippen molar-refractivity contribution >= 4 is 11.8 Å². The maximum absolute atomic E-state index is 13.4. The Labute approximate surface area is 150 Å². The summed E-state index contributed by atoms with van der Waals surface area (Å²) in [7, 11) is 0. The van der Waals surface area contributed by atoms with Crippen LogP contribution in [0.5, 0.6) is 0 Å². The van der Waals surface area contributed by atoms with Gasteiger partial charge in [0.2, 0.25) is 5.91 Å². The van der Waals surface area contributed by atoms with Gasteiger partial charge in [-0.2, -0.15) is 5.26 Å². The van der Waals surface area contributed by atoms with Crippen LogP contribution in [-0.4, -0.2) is 46.8 Å². The Morgan fingerprint density at radius 3 is 3.00 bits per heavy atom. The van der Waals surface area contributed by atoms with Crippen molar-refractivity contribution in [1.29, 1.82) is 5.26 Å².